The molecule has 2 aromatic rings. The van der Waals surface area contributed by atoms with Gasteiger partial charge in [0.05, 0.1) is 10.5 Å². The summed E-state index contributed by atoms with van der Waals surface area (Å²) in [6.45, 7) is 4.43. The molecule has 0 bridgehead atoms. The molecule has 10 heteroatoms. The third-order valence-corrected chi connectivity index (χ3v) is 6.38. The fourth-order valence-electron chi connectivity index (χ4n) is 2.47. The SMILES string of the molecule is Cc1cc(S(=O)(=O)O)c(C(C)C)cc1OC(=O)COC(=O)c1ccc(I)cc1I. The van der Waals surface area contributed by atoms with Gasteiger partial charge < -0.3 is 9.47 Å². The van der Waals surface area contributed by atoms with Gasteiger partial charge in [0.25, 0.3) is 10.1 Å². The molecule has 2 rings (SSSR count). The fraction of sp³-hybridized carbons (Fsp3) is 0.263. The maximum Gasteiger partial charge on any atom is 0.349 e. The Hall–Kier alpha value is -1.25. The maximum absolute atomic E-state index is 12.2. The van der Waals surface area contributed by atoms with Crippen molar-refractivity contribution < 1.29 is 32.0 Å². The summed E-state index contributed by atoms with van der Waals surface area (Å²) in [7, 11) is -4.42. The van der Waals surface area contributed by atoms with E-state index >= 15 is 0 Å². The largest absolute Gasteiger partial charge is 0.450 e. The fourth-order valence-corrected chi connectivity index (χ4v) is 5.21. The molecule has 0 amide bonds. The van der Waals surface area contributed by atoms with E-state index in [1.165, 1.54) is 12.1 Å². The van der Waals surface area contributed by atoms with Crippen LogP contribution in [0.2, 0.25) is 0 Å². The lowest BCUT2D eigenvalue weighted by molar-refractivity contribution is -0.137. The molecule has 0 heterocycles. The number of rotatable bonds is 6. The molecule has 0 aromatic heterocycles. The van der Waals surface area contributed by atoms with Gasteiger partial charge in [-0.3, -0.25) is 4.55 Å². The standard InChI is InChI=1S/C19H18I2O7S/c1-10(2)14-8-16(11(3)6-17(14)29(24,25)26)28-18(22)9-27-19(23)13-5-4-12(20)7-15(13)21/h4-8,10H,9H2,1-3H3,(H,24,25,26). The Morgan fingerprint density at radius 2 is 1.79 bits per heavy atom. The first kappa shape index (κ1) is 24.0. The van der Waals surface area contributed by atoms with Crippen molar-refractivity contribution in [1.82, 2.24) is 0 Å². The second-order valence-electron chi connectivity index (χ2n) is 6.46. The molecule has 0 aliphatic heterocycles. The molecule has 156 valence electrons. The summed E-state index contributed by atoms with van der Waals surface area (Å²) in [4.78, 5) is 24.1. The van der Waals surface area contributed by atoms with Crippen LogP contribution in [0.15, 0.2) is 35.2 Å². The Balaban J connectivity index is 2.14. The Bertz CT molecular complexity index is 1060. The van der Waals surface area contributed by atoms with Crippen molar-refractivity contribution in [3.63, 3.8) is 0 Å². The molecule has 0 spiro atoms. The monoisotopic (exact) mass is 644 g/mol. The molecule has 7 nitrogen and oxygen atoms in total. The molecular weight excluding hydrogens is 626 g/mol. The zero-order valence-corrected chi connectivity index (χ0v) is 20.9. The van der Waals surface area contributed by atoms with E-state index in [1.54, 1.807) is 32.9 Å². The molecule has 0 saturated carbocycles. The van der Waals surface area contributed by atoms with Crippen LogP contribution in [-0.4, -0.2) is 31.5 Å². The number of carbonyl (C=O) groups excluding carboxylic acids is 2. The summed E-state index contributed by atoms with van der Waals surface area (Å²) in [5.74, 6) is -1.57. The lowest BCUT2D eigenvalue weighted by Crippen LogP contribution is -2.20. The van der Waals surface area contributed by atoms with Gasteiger partial charge in [-0.2, -0.15) is 8.42 Å². The van der Waals surface area contributed by atoms with E-state index in [1.807, 2.05) is 28.7 Å². The van der Waals surface area contributed by atoms with Gasteiger partial charge in [-0.1, -0.05) is 13.8 Å². The number of hydrogen-bond acceptors (Lipinski definition) is 6. The van der Waals surface area contributed by atoms with Gasteiger partial charge in [-0.15, -0.1) is 0 Å². The van der Waals surface area contributed by atoms with Gasteiger partial charge in [0.15, 0.2) is 6.61 Å². The zero-order valence-electron chi connectivity index (χ0n) is 15.7. The van der Waals surface area contributed by atoms with Gasteiger partial charge in [0.2, 0.25) is 0 Å². The Morgan fingerprint density at radius 1 is 1.14 bits per heavy atom. The van der Waals surface area contributed by atoms with E-state index in [0.29, 0.717) is 20.3 Å². The lowest BCUT2D eigenvalue weighted by atomic mass is 10.0. The molecule has 0 aliphatic carbocycles. The van der Waals surface area contributed by atoms with Crippen molar-refractivity contribution >= 4 is 67.2 Å². The average Bonchev–Trinajstić information content (AvgIpc) is 2.60. The first-order chi connectivity index (χ1) is 13.4. The Morgan fingerprint density at radius 3 is 2.34 bits per heavy atom. The van der Waals surface area contributed by atoms with E-state index in [0.717, 1.165) is 3.57 Å². The van der Waals surface area contributed by atoms with Crippen molar-refractivity contribution in [2.45, 2.75) is 31.6 Å². The van der Waals surface area contributed by atoms with Crippen molar-refractivity contribution in [3.05, 3.63) is 54.2 Å². The number of halogens is 2. The number of esters is 2. The second kappa shape index (κ2) is 9.71. The zero-order chi connectivity index (χ0) is 21.9. The molecule has 0 atom stereocenters. The van der Waals surface area contributed by atoms with E-state index in [-0.39, 0.29) is 16.6 Å². The maximum atomic E-state index is 12.2. The van der Waals surface area contributed by atoms with Crippen LogP contribution in [0.4, 0.5) is 0 Å². The number of benzene rings is 2. The quantitative estimate of drug-likeness (QED) is 0.216. The highest BCUT2D eigenvalue weighted by atomic mass is 127. The van der Waals surface area contributed by atoms with Crippen molar-refractivity contribution in [2.75, 3.05) is 6.61 Å². The van der Waals surface area contributed by atoms with Gasteiger partial charge in [0, 0.05) is 7.14 Å². The summed E-state index contributed by atoms with van der Waals surface area (Å²) in [5, 5.41) is 0. The lowest BCUT2D eigenvalue weighted by Gasteiger charge is -2.15. The summed E-state index contributed by atoms with van der Waals surface area (Å²) < 4.78 is 44.5. The minimum Gasteiger partial charge on any atom is -0.450 e. The summed E-state index contributed by atoms with van der Waals surface area (Å²) in [6.07, 6.45) is 0. The topological polar surface area (TPSA) is 107 Å². The van der Waals surface area contributed by atoms with Crippen molar-refractivity contribution in [1.29, 1.82) is 0 Å². The van der Waals surface area contributed by atoms with E-state index in [9.17, 15) is 22.6 Å². The van der Waals surface area contributed by atoms with Gasteiger partial charge >= 0.3 is 11.9 Å². The van der Waals surface area contributed by atoms with Gasteiger partial charge in [0.1, 0.15) is 5.75 Å². The van der Waals surface area contributed by atoms with Crippen LogP contribution < -0.4 is 4.74 Å². The van der Waals surface area contributed by atoms with Crippen LogP contribution in [0, 0.1) is 14.1 Å². The van der Waals surface area contributed by atoms with E-state index in [4.69, 9.17) is 9.47 Å². The first-order valence-corrected chi connectivity index (χ1v) is 11.9. The average molecular weight is 644 g/mol. The molecule has 0 aliphatic rings. The van der Waals surface area contributed by atoms with Gasteiger partial charge in [-0.05, 0) is 99.5 Å². The third kappa shape index (κ3) is 6.36. The number of carbonyl (C=O) groups is 2. The minimum absolute atomic E-state index is 0.131. The second-order valence-corrected chi connectivity index (χ2v) is 10.3. The van der Waals surface area contributed by atoms with Gasteiger partial charge in [-0.25, -0.2) is 9.59 Å². The van der Waals surface area contributed by atoms with E-state index in [2.05, 4.69) is 22.6 Å². The van der Waals surface area contributed by atoms with Crippen LogP contribution in [0.25, 0.3) is 0 Å². The van der Waals surface area contributed by atoms with Crippen LogP contribution in [-0.2, 0) is 19.6 Å². The molecule has 2 aromatic carbocycles. The number of hydrogen-bond donors (Lipinski definition) is 1. The molecule has 0 unspecified atom stereocenters. The Labute approximate surface area is 196 Å². The van der Waals surface area contributed by atoms with Crippen LogP contribution in [0.5, 0.6) is 5.75 Å². The normalized spacial score (nSPS) is 11.4. The van der Waals surface area contributed by atoms with Crippen molar-refractivity contribution in [2.24, 2.45) is 0 Å². The molecule has 0 saturated heterocycles. The summed E-state index contributed by atoms with van der Waals surface area (Å²) >= 11 is 4.13. The molecule has 0 radical (unpaired) electrons. The summed E-state index contributed by atoms with van der Waals surface area (Å²) in [5.41, 5.74) is 0.995. The molecule has 0 fully saturated rings. The highest BCUT2D eigenvalue weighted by Crippen LogP contribution is 2.31. The smallest absolute Gasteiger partial charge is 0.349 e. The number of ether oxygens (including phenoxy) is 2. The van der Waals surface area contributed by atoms with Crippen LogP contribution >= 0.6 is 45.2 Å². The third-order valence-electron chi connectivity index (χ3n) is 3.90. The Kier molecular flexibility index (Phi) is 8.04. The predicted octanol–water partition coefficient (Wildman–Crippen LogP) is 4.34. The molecule has 1 N–H and O–H groups in total. The molecular formula is C19H18I2O7S. The van der Waals surface area contributed by atoms with Crippen molar-refractivity contribution in [3.8, 4) is 5.75 Å². The van der Waals surface area contributed by atoms with Crippen LogP contribution in [0.1, 0.15) is 41.3 Å². The molecule has 29 heavy (non-hydrogen) atoms. The first-order valence-electron chi connectivity index (χ1n) is 8.35. The van der Waals surface area contributed by atoms with E-state index < -0.39 is 28.7 Å². The predicted molar refractivity (Wildman–Crippen MR) is 123 cm³/mol. The highest BCUT2D eigenvalue weighted by molar-refractivity contribution is 14.1. The highest BCUT2D eigenvalue weighted by Gasteiger charge is 2.22. The number of aryl methyl sites for hydroxylation is 1. The summed E-state index contributed by atoms with van der Waals surface area (Å²) in [6, 6.07) is 7.82. The minimum atomic E-state index is -4.42. The van der Waals surface area contributed by atoms with Crippen LogP contribution in [0.3, 0.4) is 0 Å².